The average Bonchev–Trinajstić information content (AvgIpc) is 2.43. The summed E-state index contributed by atoms with van der Waals surface area (Å²) in [7, 11) is 0. The van der Waals surface area contributed by atoms with Crippen LogP contribution in [-0.2, 0) is 0 Å². The Balaban J connectivity index is 2.82. The number of rotatable bonds is 1. The van der Waals surface area contributed by atoms with Gasteiger partial charge in [0.1, 0.15) is 0 Å². The first kappa shape index (κ1) is 7.71. The molecule has 1 nitrogen and oxygen atoms in total. The van der Waals surface area contributed by atoms with E-state index in [0.29, 0.717) is 0 Å². The van der Waals surface area contributed by atoms with Crippen molar-refractivity contribution in [2.24, 2.45) is 0 Å². The Labute approximate surface area is 79.4 Å². The molecule has 0 atom stereocenters. The van der Waals surface area contributed by atoms with Gasteiger partial charge in [0.15, 0.2) is 3.95 Å². The lowest BCUT2D eigenvalue weighted by atomic mass is 10.2. The number of aromatic amines is 1. The molecule has 0 aliphatic heterocycles. The van der Waals surface area contributed by atoms with E-state index in [2.05, 4.69) is 23.7 Å². The molecule has 0 aliphatic carbocycles. The minimum absolute atomic E-state index is 0.825. The monoisotopic (exact) mass is 193 g/mol. The summed E-state index contributed by atoms with van der Waals surface area (Å²) in [6.45, 7) is 3.71. The molecule has 2 aromatic rings. The number of H-pyrrole nitrogens is 1. The Morgan fingerprint density at radius 3 is 3.08 bits per heavy atom. The van der Waals surface area contributed by atoms with Gasteiger partial charge in [-0.15, -0.1) is 11.3 Å². The maximum Gasteiger partial charge on any atom is 0.159 e. The van der Waals surface area contributed by atoms with Crippen molar-refractivity contribution in [3.05, 3.63) is 34.3 Å². The third-order valence-corrected chi connectivity index (χ3v) is 2.89. The van der Waals surface area contributed by atoms with Gasteiger partial charge >= 0.3 is 0 Å². The van der Waals surface area contributed by atoms with Crippen LogP contribution in [0.2, 0.25) is 0 Å². The molecular formula is C9H7NS2. The van der Waals surface area contributed by atoms with Gasteiger partial charge in [0.05, 0.1) is 10.2 Å². The smallest absolute Gasteiger partial charge is 0.159 e. The fourth-order valence-electron chi connectivity index (χ4n) is 1.10. The molecule has 0 saturated heterocycles. The van der Waals surface area contributed by atoms with E-state index in [1.807, 2.05) is 12.1 Å². The molecule has 1 N–H and O–H groups in total. The summed E-state index contributed by atoms with van der Waals surface area (Å²) in [6, 6.07) is 6.15. The van der Waals surface area contributed by atoms with Gasteiger partial charge in [-0.25, -0.2) is 0 Å². The molecule has 1 aromatic carbocycles. The van der Waals surface area contributed by atoms with Crippen molar-refractivity contribution in [2.75, 3.05) is 0 Å². The van der Waals surface area contributed by atoms with Crippen LogP contribution >= 0.6 is 23.6 Å². The van der Waals surface area contributed by atoms with Gasteiger partial charge in [-0.2, -0.15) is 0 Å². The lowest BCUT2D eigenvalue weighted by Crippen LogP contribution is -1.70. The fourth-order valence-corrected chi connectivity index (χ4v) is 2.19. The van der Waals surface area contributed by atoms with Crippen molar-refractivity contribution in [3.63, 3.8) is 0 Å². The molecular weight excluding hydrogens is 186 g/mol. The summed E-state index contributed by atoms with van der Waals surface area (Å²) < 4.78 is 2.02. The average molecular weight is 193 g/mol. The van der Waals surface area contributed by atoms with E-state index in [4.69, 9.17) is 12.2 Å². The van der Waals surface area contributed by atoms with Gasteiger partial charge in [0.25, 0.3) is 0 Å². The second-order valence-electron chi connectivity index (χ2n) is 2.47. The van der Waals surface area contributed by atoms with E-state index in [1.165, 1.54) is 4.70 Å². The summed E-state index contributed by atoms with van der Waals surface area (Å²) in [5, 5.41) is 0. The second-order valence-corrected chi connectivity index (χ2v) is 4.19. The van der Waals surface area contributed by atoms with Crippen LogP contribution in [0.15, 0.2) is 24.8 Å². The molecule has 3 heteroatoms. The molecule has 1 heterocycles. The molecule has 60 valence electrons. The standard InChI is InChI=1S/C9H7NS2/c1-2-6-3-4-8-7(5-6)10-9(11)12-8/h2-5H,1H2,(H,10,11). The Kier molecular flexibility index (Phi) is 1.83. The van der Waals surface area contributed by atoms with Crippen molar-refractivity contribution in [1.82, 2.24) is 4.98 Å². The van der Waals surface area contributed by atoms with Crippen LogP contribution in [0.25, 0.3) is 16.3 Å². The molecule has 12 heavy (non-hydrogen) atoms. The molecule has 0 spiro atoms. The predicted octanol–water partition coefficient (Wildman–Crippen LogP) is 3.60. The number of aromatic nitrogens is 1. The van der Waals surface area contributed by atoms with E-state index in [9.17, 15) is 0 Å². The minimum atomic E-state index is 0.825. The van der Waals surface area contributed by atoms with Crippen molar-refractivity contribution >= 4 is 39.8 Å². The van der Waals surface area contributed by atoms with Crippen LogP contribution in [0.5, 0.6) is 0 Å². The molecule has 0 aliphatic rings. The fraction of sp³-hybridized carbons (Fsp3) is 0. The van der Waals surface area contributed by atoms with E-state index >= 15 is 0 Å². The van der Waals surface area contributed by atoms with E-state index in [-0.39, 0.29) is 0 Å². The molecule has 1 aromatic heterocycles. The number of benzene rings is 1. The third kappa shape index (κ3) is 1.21. The van der Waals surface area contributed by atoms with Gasteiger partial charge in [0.2, 0.25) is 0 Å². The van der Waals surface area contributed by atoms with Crippen molar-refractivity contribution in [2.45, 2.75) is 0 Å². The van der Waals surface area contributed by atoms with Crippen molar-refractivity contribution in [3.8, 4) is 0 Å². The van der Waals surface area contributed by atoms with Gasteiger partial charge in [-0.1, -0.05) is 18.7 Å². The highest BCUT2D eigenvalue weighted by atomic mass is 32.1. The second kappa shape index (κ2) is 2.84. The maximum atomic E-state index is 5.03. The zero-order valence-electron chi connectivity index (χ0n) is 6.33. The van der Waals surface area contributed by atoms with Gasteiger partial charge in [-0.3, -0.25) is 0 Å². The van der Waals surface area contributed by atoms with Gasteiger partial charge in [-0.05, 0) is 29.9 Å². The number of hydrogen-bond donors (Lipinski definition) is 1. The number of nitrogens with one attached hydrogen (secondary N) is 1. The zero-order chi connectivity index (χ0) is 8.55. The topological polar surface area (TPSA) is 15.8 Å². The largest absolute Gasteiger partial charge is 0.337 e. The van der Waals surface area contributed by atoms with Gasteiger partial charge < -0.3 is 4.98 Å². The van der Waals surface area contributed by atoms with Crippen molar-refractivity contribution in [1.29, 1.82) is 0 Å². The molecule has 0 unspecified atom stereocenters. The summed E-state index contributed by atoms with van der Waals surface area (Å²) in [5.41, 5.74) is 2.22. The Morgan fingerprint density at radius 1 is 1.50 bits per heavy atom. The molecule has 2 rings (SSSR count). The van der Waals surface area contributed by atoms with Crippen LogP contribution in [0.1, 0.15) is 5.56 Å². The first-order valence-corrected chi connectivity index (χ1v) is 4.77. The first-order chi connectivity index (χ1) is 5.79. The quantitative estimate of drug-likeness (QED) is 0.684. The number of fused-ring (bicyclic) bond motifs is 1. The van der Waals surface area contributed by atoms with Crippen LogP contribution in [0.3, 0.4) is 0 Å². The predicted molar refractivity (Wildman–Crippen MR) is 57.1 cm³/mol. The van der Waals surface area contributed by atoms with E-state index in [0.717, 1.165) is 15.0 Å². The van der Waals surface area contributed by atoms with Gasteiger partial charge in [0, 0.05) is 0 Å². The highest BCUT2D eigenvalue weighted by molar-refractivity contribution is 7.73. The molecule has 0 fully saturated rings. The first-order valence-electron chi connectivity index (χ1n) is 3.55. The third-order valence-electron chi connectivity index (χ3n) is 1.68. The van der Waals surface area contributed by atoms with Crippen molar-refractivity contribution < 1.29 is 0 Å². The van der Waals surface area contributed by atoms with Crippen LogP contribution < -0.4 is 0 Å². The minimum Gasteiger partial charge on any atom is -0.337 e. The molecule has 0 bridgehead atoms. The number of thiazole rings is 1. The van der Waals surface area contributed by atoms with Crippen LogP contribution in [0.4, 0.5) is 0 Å². The van der Waals surface area contributed by atoms with Crippen LogP contribution in [-0.4, -0.2) is 4.98 Å². The maximum absolute atomic E-state index is 5.03. The van der Waals surface area contributed by atoms with E-state index in [1.54, 1.807) is 11.3 Å². The highest BCUT2D eigenvalue weighted by Crippen LogP contribution is 2.20. The summed E-state index contributed by atoms with van der Waals surface area (Å²) in [6.07, 6.45) is 1.83. The summed E-state index contributed by atoms with van der Waals surface area (Å²) in [5.74, 6) is 0. The normalized spacial score (nSPS) is 10.3. The molecule has 0 amide bonds. The molecule has 0 saturated carbocycles. The highest BCUT2D eigenvalue weighted by Gasteiger charge is 1.95. The number of hydrogen-bond acceptors (Lipinski definition) is 2. The SMILES string of the molecule is C=Cc1ccc2sc(=S)[nH]c2c1. The lowest BCUT2D eigenvalue weighted by molar-refractivity contribution is 1.47. The lowest BCUT2D eigenvalue weighted by Gasteiger charge is -1.91. The van der Waals surface area contributed by atoms with E-state index < -0.39 is 0 Å². The Bertz CT molecular complexity index is 478. The zero-order valence-corrected chi connectivity index (χ0v) is 7.97. The Hall–Kier alpha value is -0.930. The van der Waals surface area contributed by atoms with Crippen LogP contribution in [0, 0.1) is 3.95 Å². The molecule has 0 radical (unpaired) electrons. The summed E-state index contributed by atoms with van der Waals surface area (Å²) >= 11 is 6.63. The summed E-state index contributed by atoms with van der Waals surface area (Å²) in [4.78, 5) is 3.12. The Morgan fingerprint density at radius 2 is 2.33 bits per heavy atom.